The molecule has 0 aliphatic heterocycles. The topological polar surface area (TPSA) is 76.3 Å². The molecule has 4 nitrogen and oxygen atoms in total. The zero-order valence-corrected chi connectivity index (χ0v) is 7.28. The maximum absolute atomic E-state index is 8.84. The van der Waals surface area contributed by atoms with Crippen molar-refractivity contribution in [1.82, 2.24) is 9.97 Å². The Balaban J connectivity index is 2.78. The van der Waals surface area contributed by atoms with E-state index in [2.05, 4.69) is 16.0 Å². The number of hydrogen-bond acceptors (Lipinski definition) is 3. The number of H-pyrrole nitrogens is 1. The van der Waals surface area contributed by atoms with Gasteiger partial charge in [0, 0.05) is 5.56 Å². The molecule has 0 fully saturated rings. The Kier molecular flexibility index (Phi) is 1.89. The first kappa shape index (κ1) is 8.28. The zero-order valence-electron chi connectivity index (χ0n) is 7.28. The van der Waals surface area contributed by atoms with Gasteiger partial charge >= 0.3 is 0 Å². The number of rotatable bonds is 1. The van der Waals surface area contributed by atoms with E-state index in [1.807, 2.05) is 6.07 Å². The maximum Gasteiger partial charge on any atom is 0.0995 e. The van der Waals surface area contributed by atoms with Crippen molar-refractivity contribution in [3.05, 3.63) is 29.6 Å². The van der Waals surface area contributed by atoms with Crippen LogP contribution in [0.5, 0.6) is 0 Å². The van der Waals surface area contributed by atoms with Crippen molar-refractivity contribution in [3.8, 4) is 12.1 Å². The molecule has 4 heteroatoms. The Labute approximate surface area is 80.4 Å². The fraction of sp³-hybridized carbons (Fsp3) is 0.100. The van der Waals surface area contributed by atoms with Crippen molar-refractivity contribution in [2.24, 2.45) is 0 Å². The normalized spacial score (nSPS) is 9.57. The Morgan fingerprint density at radius 2 is 2.21 bits per heavy atom. The van der Waals surface area contributed by atoms with E-state index in [0.29, 0.717) is 16.6 Å². The van der Waals surface area contributed by atoms with Crippen LogP contribution < -0.4 is 0 Å². The van der Waals surface area contributed by atoms with Gasteiger partial charge in [0.1, 0.15) is 0 Å². The van der Waals surface area contributed by atoms with E-state index in [1.54, 1.807) is 18.5 Å². The van der Waals surface area contributed by atoms with E-state index >= 15 is 0 Å². The summed E-state index contributed by atoms with van der Waals surface area (Å²) in [5.74, 6) is 0. The van der Waals surface area contributed by atoms with Gasteiger partial charge in [0.25, 0.3) is 0 Å². The van der Waals surface area contributed by atoms with Gasteiger partial charge in [-0.1, -0.05) is 0 Å². The Morgan fingerprint density at radius 1 is 1.36 bits per heavy atom. The lowest BCUT2D eigenvalue weighted by molar-refractivity contribution is 1.25. The van der Waals surface area contributed by atoms with Crippen LogP contribution >= 0.6 is 0 Å². The summed E-state index contributed by atoms with van der Waals surface area (Å²) < 4.78 is 0. The van der Waals surface area contributed by atoms with Crippen LogP contribution in [0.4, 0.5) is 0 Å². The Bertz CT molecular complexity index is 553. The first-order chi connectivity index (χ1) is 6.86. The van der Waals surface area contributed by atoms with Gasteiger partial charge in [-0.25, -0.2) is 4.98 Å². The number of benzene rings is 1. The van der Waals surface area contributed by atoms with Crippen LogP contribution in [0.25, 0.3) is 11.0 Å². The quantitative estimate of drug-likeness (QED) is 0.726. The molecule has 0 saturated carbocycles. The number of nitrogens with zero attached hydrogens (tertiary/aromatic N) is 3. The Hall–Kier alpha value is -2.33. The standard InChI is InChI=1S/C10H6N4/c11-4-3-8-7(5-12)1-2-9-10(8)14-6-13-9/h1-2,6H,3H2,(H,13,14). The van der Waals surface area contributed by atoms with Crippen LogP contribution in [0.1, 0.15) is 11.1 Å². The molecule has 1 heterocycles. The van der Waals surface area contributed by atoms with E-state index < -0.39 is 0 Å². The van der Waals surface area contributed by atoms with Gasteiger partial charge in [-0.05, 0) is 12.1 Å². The lowest BCUT2D eigenvalue weighted by Crippen LogP contribution is -1.90. The molecule has 0 aliphatic rings. The van der Waals surface area contributed by atoms with Crippen LogP contribution in [-0.4, -0.2) is 9.97 Å². The first-order valence-electron chi connectivity index (χ1n) is 4.09. The minimum Gasteiger partial charge on any atom is -0.345 e. The molecule has 0 aliphatic carbocycles. The van der Waals surface area contributed by atoms with Crippen molar-refractivity contribution >= 4 is 11.0 Å². The summed E-state index contributed by atoms with van der Waals surface area (Å²) in [5.41, 5.74) is 2.79. The van der Waals surface area contributed by atoms with E-state index in [0.717, 1.165) is 5.52 Å². The van der Waals surface area contributed by atoms with Gasteiger partial charge in [-0.2, -0.15) is 10.5 Å². The summed E-state index contributed by atoms with van der Waals surface area (Å²) in [6.07, 6.45) is 1.78. The summed E-state index contributed by atoms with van der Waals surface area (Å²) in [6, 6.07) is 7.59. The number of aromatic amines is 1. The van der Waals surface area contributed by atoms with Gasteiger partial charge in [0.05, 0.1) is 41.5 Å². The Morgan fingerprint density at radius 3 is 2.93 bits per heavy atom. The molecule has 2 rings (SSSR count). The largest absolute Gasteiger partial charge is 0.345 e. The molecule has 66 valence electrons. The van der Waals surface area contributed by atoms with Crippen LogP contribution in [0, 0.1) is 22.7 Å². The average molecular weight is 182 g/mol. The summed E-state index contributed by atoms with van der Waals surface area (Å²) in [6.45, 7) is 0. The van der Waals surface area contributed by atoms with Crippen molar-refractivity contribution in [1.29, 1.82) is 10.5 Å². The van der Waals surface area contributed by atoms with Crippen LogP contribution in [-0.2, 0) is 6.42 Å². The summed E-state index contributed by atoms with van der Waals surface area (Å²) in [4.78, 5) is 7.03. The molecule has 0 radical (unpaired) electrons. The smallest absolute Gasteiger partial charge is 0.0995 e. The number of fused-ring (bicyclic) bond motifs is 1. The molecular formula is C10H6N4. The molecule has 14 heavy (non-hydrogen) atoms. The molecular weight excluding hydrogens is 176 g/mol. The van der Waals surface area contributed by atoms with Gasteiger partial charge in [0.2, 0.25) is 0 Å². The summed E-state index contributed by atoms with van der Waals surface area (Å²) >= 11 is 0. The predicted octanol–water partition coefficient (Wildman–Crippen LogP) is 1.50. The minimum atomic E-state index is 0.213. The van der Waals surface area contributed by atoms with Crippen molar-refractivity contribution in [3.63, 3.8) is 0 Å². The van der Waals surface area contributed by atoms with Gasteiger partial charge in [0.15, 0.2) is 0 Å². The van der Waals surface area contributed by atoms with Crippen molar-refractivity contribution in [2.45, 2.75) is 6.42 Å². The SMILES string of the molecule is N#CCc1c(C#N)ccc2[nH]cnc12. The highest BCUT2D eigenvalue weighted by Crippen LogP contribution is 2.19. The number of nitriles is 2. The highest BCUT2D eigenvalue weighted by atomic mass is 14.9. The third-order valence-electron chi connectivity index (χ3n) is 2.07. The molecule has 0 atom stereocenters. The van der Waals surface area contributed by atoms with Crippen LogP contribution in [0.2, 0.25) is 0 Å². The lowest BCUT2D eigenvalue weighted by atomic mass is 10.0. The first-order valence-corrected chi connectivity index (χ1v) is 4.09. The van der Waals surface area contributed by atoms with Crippen molar-refractivity contribution in [2.75, 3.05) is 0 Å². The molecule has 1 N–H and O–H groups in total. The third-order valence-corrected chi connectivity index (χ3v) is 2.07. The molecule has 0 unspecified atom stereocenters. The lowest BCUT2D eigenvalue weighted by Gasteiger charge is -1.98. The predicted molar refractivity (Wildman–Crippen MR) is 50.1 cm³/mol. The monoisotopic (exact) mass is 182 g/mol. The summed E-state index contributed by atoms with van der Waals surface area (Å²) in [5, 5.41) is 17.5. The fourth-order valence-electron chi connectivity index (χ4n) is 1.43. The molecule has 1 aromatic carbocycles. The second-order valence-corrected chi connectivity index (χ2v) is 2.84. The van der Waals surface area contributed by atoms with Gasteiger partial charge in [-0.3, -0.25) is 0 Å². The van der Waals surface area contributed by atoms with E-state index in [1.165, 1.54) is 0 Å². The fourth-order valence-corrected chi connectivity index (χ4v) is 1.43. The third kappa shape index (κ3) is 1.10. The molecule has 0 spiro atoms. The molecule has 0 bridgehead atoms. The van der Waals surface area contributed by atoms with Crippen LogP contribution in [0.15, 0.2) is 18.5 Å². The van der Waals surface area contributed by atoms with Gasteiger partial charge in [-0.15, -0.1) is 0 Å². The number of nitrogens with one attached hydrogen (secondary N) is 1. The minimum absolute atomic E-state index is 0.213. The molecule has 1 aromatic heterocycles. The molecule has 2 aromatic rings. The zero-order chi connectivity index (χ0) is 9.97. The maximum atomic E-state index is 8.84. The molecule has 0 saturated heterocycles. The van der Waals surface area contributed by atoms with Crippen LogP contribution in [0.3, 0.4) is 0 Å². The average Bonchev–Trinajstić information content (AvgIpc) is 2.67. The van der Waals surface area contributed by atoms with E-state index in [-0.39, 0.29) is 6.42 Å². The molecule has 0 amide bonds. The van der Waals surface area contributed by atoms with E-state index in [4.69, 9.17) is 10.5 Å². The second kappa shape index (κ2) is 3.20. The summed E-state index contributed by atoms with van der Waals surface area (Å²) in [7, 11) is 0. The second-order valence-electron chi connectivity index (χ2n) is 2.84. The van der Waals surface area contributed by atoms with Crippen molar-refractivity contribution < 1.29 is 0 Å². The van der Waals surface area contributed by atoms with E-state index in [9.17, 15) is 0 Å². The highest BCUT2D eigenvalue weighted by Gasteiger charge is 2.08. The highest BCUT2D eigenvalue weighted by molar-refractivity contribution is 5.81. The van der Waals surface area contributed by atoms with Gasteiger partial charge < -0.3 is 4.98 Å². The number of hydrogen-bond donors (Lipinski definition) is 1. The number of imidazole rings is 1. The number of aromatic nitrogens is 2.